The van der Waals surface area contributed by atoms with Gasteiger partial charge >= 0.3 is 6.09 Å². The maximum Gasteiger partial charge on any atom is 0.407 e. The molecule has 9 heteroatoms. The number of methoxy groups -OCH3 is 1. The Balaban J connectivity index is 1.42. The zero-order valence-corrected chi connectivity index (χ0v) is 18.2. The molecule has 2 aliphatic rings. The van der Waals surface area contributed by atoms with Gasteiger partial charge in [0.05, 0.1) is 19.7 Å². The van der Waals surface area contributed by atoms with Crippen LogP contribution in [0.3, 0.4) is 0 Å². The number of hydrazine groups is 1. The Labute approximate surface area is 177 Å². The van der Waals surface area contributed by atoms with Crippen molar-refractivity contribution in [3.8, 4) is 5.88 Å². The van der Waals surface area contributed by atoms with Gasteiger partial charge in [0.2, 0.25) is 11.8 Å². The number of amides is 2. The van der Waals surface area contributed by atoms with Crippen LogP contribution in [0, 0.1) is 5.92 Å². The minimum atomic E-state index is -0.360. The van der Waals surface area contributed by atoms with Crippen molar-refractivity contribution in [1.29, 1.82) is 0 Å². The van der Waals surface area contributed by atoms with Crippen molar-refractivity contribution in [3.05, 3.63) is 23.9 Å². The van der Waals surface area contributed by atoms with E-state index in [2.05, 4.69) is 26.5 Å². The predicted molar refractivity (Wildman–Crippen MR) is 112 cm³/mol. The summed E-state index contributed by atoms with van der Waals surface area (Å²) >= 11 is 0. The molecule has 4 N–H and O–H groups in total. The molecule has 1 saturated heterocycles. The maximum atomic E-state index is 12.4. The number of alkyl carbamates (subject to hydrolysis) is 1. The first-order valence-electron chi connectivity index (χ1n) is 10.5. The Morgan fingerprint density at radius 1 is 1.23 bits per heavy atom. The standard InChI is InChI=1S/C21H33N5O4/c1-21(2,3)24-20(28)30-15-8-7-13(10-15)16-12-17(26-25-16)23-18(27)11-14-6-5-9-22-19(14)29-4/h5-6,9,13,15-17,25-26H,7-8,10-12H2,1-4H3,(H,23,27)(H,24,28)/t13-,15+,16?,17?/m0/s1. The summed E-state index contributed by atoms with van der Waals surface area (Å²) in [6.45, 7) is 5.79. The lowest BCUT2D eigenvalue weighted by Gasteiger charge is -2.22. The Hall–Kier alpha value is -2.39. The van der Waals surface area contributed by atoms with E-state index in [4.69, 9.17) is 9.47 Å². The minimum absolute atomic E-state index is 0.0640. The summed E-state index contributed by atoms with van der Waals surface area (Å²) in [6.07, 6.45) is 4.73. The zero-order chi connectivity index (χ0) is 21.7. The third-order valence-corrected chi connectivity index (χ3v) is 5.41. The van der Waals surface area contributed by atoms with Gasteiger partial charge in [0.15, 0.2) is 0 Å². The fraction of sp³-hybridized carbons (Fsp3) is 0.667. The second kappa shape index (κ2) is 9.61. The number of pyridine rings is 1. The number of nitrogens with zero attached hydrogens (tertiary/aromatic N) is 1. The van der Waals surface area contributed by atoms with Gasteiger partial charge in [-0.1, -0.05) is 6.07 Å². The van der Waals surface area contributed by atoms with E-state index in [-0.39, 0.29) is 42.3 Å². The number of hydrogen-bond donors (Lipinski definition) is 4. The van der Waals surface area contributed by atoms with Crippen LogP contribution in [0.5, 0.6) is 5.88 Å². The van der Waals surface area contributed by atoms with E-state index < -0.39 is 0 Å². The van der Waals surface area contributed by atoms with Crippen LogP contribution in [0.4, 0.5) is 4.79 Å². The van der Waals surface area contributed by atoms with Crippen LogP contribution in [0.15, 0.2) is 18.3 Å². The van der Waals surface area contributed by atoms with E-state index in [9.17, 15) is 9.59 Å². The van der Waals surface area contributed by atoms with E-state index in [1.54, 1.807) is 19.4 Å². The van der Waals surface area contributed by atoms with Crippen LogP contribution in [0.1, 0.15) is 52.0 Å². The lowest BCUT2D eigenvalue weighted by atomic mass is 9.96. The van der Waals surface area contributed by atoms with Crippen molar-refractivity contribution in [2.45, 2.75) is 76.7 Å². The zero-order valence-electron chi connectivity index (χ0n) is 18.2. The SMILES string of the molecule is COc1ncccc1CC(=O)NC1CC([C@H]2CC[C@@H](OC(=O)NC(C)(C)C)C2)NN1. The molecule has 1 aromatic rings. The molecule has 1 aliphatic heterocycles. The number of nitrogens with one attached hydrogen (secondary N) is 4. The largest absolute Gasteiger partial charge is 0.481 e. The summed E-state index contributed by atoms with van der Waals surface area (Å²) in [5.74, 6) is 0.772. The molecule has 1 aliphatic carbocycles. The summed E-state index contributed by atoms with van der Waals surface area (Å²) < 4.78 is 10.8. The Morgan fingerprint density at radius 2 is 2.03 bits per heavy atom. The molecule has 1 saturated carbocycles. The van der Waals surface area contributed by atoms with Crippen LogP contribution in [0.2, 0.25) is 0 Å². The van der Waals surface area contributed by atoms with Gasteiger partial charge in [0, 0.05) is 23.3 Å². The van der Waals surface area contributed by atoms with Crippen LogP contribution >= 0.6 is 0 Å². The summed E-state index contributed by atoms with van der Waals surface area (Å²) in [6, 6.07) is 3.85. The number of hydrogen-bond acceptors (Lipinski definition) is 7. The van der Waals surface area contributed by atoms with Crippen molar-refractivity contribution >= 4 is 12.0 Å². The van der Waals surface area contributed by atoms with E-state index in [1.807, 2.05) is 26.8 Å². The smallest absolute Gasteiger partial charge is 0.407 e. The topological polar surface area (TPSA) is 114 Å². The molecular formula is C21H33N5O4. The molecule has 2 unspecified atom stereocenters. The molecule has 2 amide bonds. The van der Waals surface area contributed by atoms with Crippen molar-refractivity contribution in [2.24, 2.45) is 5.92 Å². The molecule has 0 radical (unpaired) electrons. The number of rotatable bonds is 6. The van der Waals surface area contributed by atoms with Crippen molar-refractivity contribution in [3.63, 3.8) is 0 Å². The molecule has 166 valence electrons. The van der Waals surface area contributed by atoms with Gasteiger partial charge in [0.1, 0.15) is 6.10 Å². The first-order chi connectivity index (χ1) is 14.2. The molecule has 1 aromatic heterocycles. The molecule has 9 nitrogen and oxygen atoms in total. The Bertz CT molecular complexity index is 751. The highest BCUT2D eigenvalue weighted by Gasteiger charge is 2.37. The van der Waals surface area contributed by atoms with E-state index in [1.165, 1.54) is 0 Å². The highest BCUT2D eigenvalue weighted by atomic mass is 16.6. The van der Waals surface area contributed by atoms with E-state index in [0.717, 1.165) is 31.2 Å². The Morgan fingerprint density at radius 3 is 2.77 bits per heavy atom. The molecule has 0 spiro atoms. The third kappa shape index (κ3) is 6.30. The highest BCUT2D eigenvalue weighted by molar-refractivity contribution is 5.79. The van der Waals surface area contributed by atoms with Gasteiger partial charge in [-0.2, -0.15) is 0 Å². The lowest BCUT2D eigenvalue weighted by molar-refractivity contribution is -0.121. The summed E-state index contributed by atoms with van der Waals surface area (Å²) in [7, 11) is 1.54. The summed E-state index contributed by atoms with van der Waals surface area (Å²) in [5.41, 5.74) is 6.91. The first kappa shape index (κ1) is 22.3. The lowest BCUT2D eigenvalue weighted by Crippen LogP contribution is -2.45. The Kier molecular flexibility index (Phi) is 7.14. The number of aromatic nitrogens is 1. The van der Waals surface area contributed by atoms with Crippen LogP contribution in [-0.2, 0) is 16.0 Å². The van der Waals surface area contributed by atoms with Gasteiger partial charge in [0.25, 0.3) is 0 Å². The van der Waals surface area contributed by atoms with Crippen LogP contribution < -0.4 is 26.2 Å². The molecule has 0 aromatic carbocycles. The molecule has 30 heavy (non-hydrogen) atoms. The molecule has 2 fully saturated rings. The third-order valence-electron chi connectivity index (χ3n) is 5.41. The van der Waals surface area contributed by atoms with Gasteiger partial charge in [-0.25, -0.2) is 15.2 Å². The predicted octanol–water partition coefficient (Wildman–Crippen LogP) is 1.63. The van der Waals surface area contributed by atoms with E-state index >= 15 is 0 Å². The van der Waals surface area contributed by atoms with Gasteiger partial charge < -0.3 is 20.1 Å². The molecule has 0 bridgehead atoms. The monoisotopic (exact) mass is 419 g/mol. The summed E-state index contributed by atoms with van der Waals surface area (Å²) in [4.78, 5) is 28.5. The first-order valence-corrected chi connectivity index (χ1v) is 10.5. The quantitative estimate of drug-likeness (QED) is 0.554. The highest BCUT2D eigenvalue weighted by Crippen LogP contribution is 2.33. The maximum absolute atomic E-state index is 12.4. The van der Waals surface area contributed by atoms with Crippen LogP contribution in [-0.4, -0.2) is 47.9 Å². The fourth-order valence-corrected chi connectivity index (χ4v) is 4.08. The average molecular weight is 420 g/mol. The van der Waals surface area contributed by atoms with Crippen molar-refractivity contribution in [2.75, 3.05) is 7.11 Å². The summed E-state index contributed by atoms with van der Waals surface area (Å²) in [5, 5.41) is 5.85. The fourth-order valence-electron chi connectivity index (χ4n) is 4.08. The minimum Gasteiger partial charge on any atom is -0.481 e. The van der Waals surface area contributed by atoms with Crippen molar-refractivity contribution in [1.82, 2.24) is 26.5 Å². The van der Waals surface area contributed by atoms with E-state index in [0.29, 0.717) is 11.8 Å². The molecular weight excluding hydrogens is 386 g/mol. The average Bonchev–Trinajstić information content (AvgIpc) is 3.30. The van der Waals surface area contributed by atoms with Crippen LogP contribution in [0.25, 0.3) is 0 Å². The number of carbonyl (C=O) groups excluding carboxylic acids is 2. The molecule has 4 atom stereocenters. The molecule has 2 heterocycles. The normalized spacial score (nSPS) is 26.3. The van der Waals surface area contributed by atoms with Gasteiger partial charge in [-0.15, -0.1) is 0 Å². The second-order valence-electron chi connectivity index (χ2n) is 9.07. The second-order valence-corrected chi connectivity index (χ2v) is 9.07. The van der Waals surface area contributed by atoms with Gasteiger partial charge in [-0.3, -0.25) is 10.2 Å². The number of ether oxygens (including phenoxy) is 2. The number of carbonyl (C=O) groups is 2. The molecule has 3 rings (SSSR count). The van der Waals surface area contributed by atoms with Gasteiger partial charge in [-0.05, 0) is 58.4 Å². The van der Waals surface area contributed by atoms with Crippen molar-refractivity contribution < 1.29 is 19.1 Å².